The molecule has 24 heavy (non-hydrogen) atoms. The van der Waals surface area contributed by atoms with Crippen LogP contribution in [0, 0.1) is 0 Å². The average molecular weight is 352 g/mol. The number of aliphatic hydroxyl groups is 3. The van der Waals surface area contributed by atoms with Gasteiger partial charge >= 0.3 is 5.63 Å². The zero-order valence-corrected chi connectivity index (χ0v) is 14.0. The number of ether oxygens (including phenoxy) is 1. The largest absolute Gasteiger partial charge is 0.477 e. The second kappa shape index (κ2) is 7.14. The van der Waals surface area contributed by atoms with Gasteiger partial charge in [-0.2, -0.15) is 0 Å². The maximum absolute atomic E-state index is 11.7. The molecule has 1 fully saturated rings. The van der Waals surface area contributed by atoms with Crippen LogP contribution >= 0.6 is 11.8 Å². The number of fused-ring (bicyclic) bond motifs is 1. The van der Waals surface area contributed by atoms with Crippen LogP contribution in [0.3, 0.4) is 0 Å². The van der Waals surface area contributed by atoms with Gasteiger partial charge in [-0.05, 0) is 24.1 Å². The molecule has 0 saturated carbocycles. The predicted octanol–water partition coefficient (Wildman–Crippen LogP) is 1.28. The monoisotopic (exact) mass is 352 g/mol. The molecule has 1 aromatic heterocycles. The number of hydrogen-bond acceptors (Lipinski definition) is 7. The number of aliphatic hydroxyl groups excluding tert-OH is 3. The van der Waals surface area contributed by atoms with Gasteiger partial charge in [-0.1, -0.05) is 13.3 Å². The van der Waals surface area contributed by atoms with Crippen LogP contribution in [0.4, 0.5) is 0 Å². The highest BCUT2D eigenvalue weighted by Crippen LogP contribution is 2.31. The van der Waals surface area contributed by atoms with Crippen LogP contribution in [0.15, 0.2) is 33.5 Å². The summed E-state index contributed by atoms with van der Waals surface area (Å²) in [4.78, 5) is 11.7. The molecular weight excluding hydrogens is 332 g/mol. The lowest BCUT2D eigenvalue weighted by Crippen LogP contribution is -2.50. The van der Waals surface area contributed by atoms with E-state index in [4.69, 9.17) is 9.15 Å². The number of benzene rings is 1. The van der Waals surface area contributed by atoms with Crippen molar-refractivity contribution in [3.05, 3.63) is 40.2 Å². The minimum Gasteiger partial charge on any atom is -0.477 e. The van der Waals surface area contributed by atoms with Crippen molar-refractivity contribution in [3.63, 3.8) is 0 Å². The lowest BCUT2D eigenvalue weighted by Gasteiger charge is -2.34. The number of rotatable bonds is 4. The Balaban J connectivity index is 1.87. The van der Waals surface area contributed by atoms with Gasteiger partial charge < -0.3 is 24.5 Å². The minimum absolute atomic E-state index is 0.270. The van der Waals surface area contributed by atoms with E-state index in [1.165, 1.54) is 17.8 Å². The molecule has 1 saturated heterocycles. The number of hydrogen-bond donors (Lipinski definition) is 3. The third kappa shape index (κ3) is 3.44. The van der Waals surface area contributed by atoms with Crippen molar-refractivity contribution in [2.24, 2.45) is 0 Å². The Morgan fingerprint density at radius 2 is 2.04 bits per heavy atom. The molecule has 0 amide bonds. The Hall–Kier alpha value is -1.54. The SMILES string of the molecule is CCCc1cc(=O)oc2cc(O[C@H]3SC[C@@H](O)[C@H](O)[C@H]3O)ccc12. The van der Waals surface area contributed by atoms with E-state index >= 15 is 0 Å². The van der Waals surface area contributed by atoms with Crippen molar-refractivity contribution >= 4 is 22.7 Å². The Labute approximate surface area is 143 Å². The molecule has 0 spiro atoms. The van der Waals surface area contributed by atoms with Crippen LogP contribution in [0.5, 0.6) is 5.75 Å². The first-order valence-electron chi connectivity index (χ1n) is 7.89. The van der Waals surface area contributed by atoms with E-state index in [-0.39, 0.29) is 5.75 Å². The van der Waals surface area contributed by atoms with Crippen molar-refractivity contribution in [2.45, 2.75) is 43.5 Å². The summed E-state index contributed by atoms with van der Waals surface area (Å²) in [5, 5.41) is 30.2. The molecule has 0 radical (unpaired) electrons. The van der Waals surface area contributed by atoms with E-state index in [9.17, 15) is 20.1 Å². The van der Waals surface area contributed by atoms with Crippen LogP contribution in [0.1, 0.15) is 18.9 Å². The molecule has 6 nitrogen and oxygen atoms in total. The van der Waals surface area contributed by atoms with Gasteiger partial charge in [0.2, 0.25) is 0 Å². The first-order chi connectivity index (χ1) is 11.5. The van der Waals surface area contributed by atoms with Crippen molar-refractivity contribution in [1.29, 1.82) is 0 Å². The van der Waals surface area contributed by atoms with Gasteiger partial charge in [-0.3, -0.25) is 0 Å². The summed E-state index contributed by atoms with van der Waals surface area (Å²) >= 11 is 1.22. The summed E-state index contributed by atoms with van der Waals surface area (Å²) in [7, 11) is 0. The van der Waals surface area contributed by atoms with Gasteiger partial charge in [0.25, 0.3) is 0 Å². The lowest BCUT2D eigenvalue weighted by molar-refractivity contribution is -0.0786. The first-order valence-corrected chi connectivity index (χ1v) is 8.93. The highest BCUT2D eigenvalue weighted by Gasteiger charge is 2.38. The number of thioether (sulfide) groups is 1. The second-order valence-corrected chi connectivity index (χ2v) is 7.00. The third-order valence-electron chi connectivity index (χ3n) is 4.03. The second-order valence-electron chi connectivity index (χ2n) is 5.87. The molecule has 2 aromatic rings. The normalized spacial score (nSPS) is 27.3. The molecule has 3 rings (SSSR count). The molecular formula is C17H20O6S. The highest BCUT2D eigenvalue weighted by atomic mass is 32.2. The van der Waals surface area contributed by atoms with Crippen LogP contribution < -0.4 is 10.4 Å². The fourth-order valence-corrected chi connectivity index (χ4v) is 3.90. The standard InChI is InChI=1S/C17H20O6S/c1-2-3-9-6-14(19)23-13-7-10(4-5-11(9)13)22-17-16(21)15(20)12(18)8-24-17/h4-7,12,15-18,20-21H,2-3,8H2,1H3/t12-,15+,16-,17+/m1/s1. The van der Waals surface area contributed by atoms with Gasteiger partial charge in [0.1, 0.15) is 23.5 Å². The summed E-state index contributed by atoms with van der Waals surface area (Å²) in [5.74, 6) is 0.700. The van der Waals surface area contributed by atoms with E-state index in [2.05, 4.69) is 0 Å². The van der Waals surface area contributed by atoms with Crippen LogP contribution in [-0.2, 0) is 6.42 Å². The lowest BCUT2D eigenvalue weighted by atomic mass is 10.1. The highest BCUT2D eigenvalue weighted by molar-refractivity contribution is 7.99. The van der Waals surface area contributed by atoms with E-state index < -0.39 is 29.4 Å². The van der Waals surface area contributed by atoms with Gasteiger partial charge in [-0.15, -0.1) is 11.8 Å². The van der Waals surface area contributed by atoms with Crippen molar-refractivity contribution < 1.29 is 24.5 Å². The van der Waals surface area contributed by atoms with Gasteiger partial charge in [-0.25, -0.2) is 4.79 Å². The Bertz CT molecular complexity index is 773. The molecule has 1 aliphatic heterocycles. The number of aryl methyl sites for hydroxylation is 1. The average Bonchev–Trinajstić information content (AvgIpc) is 2.55. The molecule has 3 N–H and O–H groups in total. The fraction of sp³-hybridized carbons (Fsp3) is 0.471. The molecule has 1 aliphatic rings. The van der Waals surface area contributed by atoms with Crippen molar-refractivity contribution in [3.8, 4) is 5.75 Å². The predicted molar refractivity (Wildman–Crippen MR) is 91.4 cm³/mol. The fourth-order valence-electron chi connectivity index (χ4n) is 2.78. The minimum atomic E-state index is -1.24. The quantitative estimate of drug-likeness (QED) is 0.713. The van der Waals surface area contributed by atoms with E-state index in [0.29, 0.717) is 11.3 Å². The van der Waals surface area contributed by atoms with E-state index in [0.717, 1.165) is 23.8 Å². The maximum Gasteiger partial charge on any atom is 0.336 e. The van der Waals surface area contributed by atoms with E-state index in [1.54, 1.807) is 12.1 Å². The van der Waals surface area contributed by atoms with Gasteiger partial charge in [0.15, 0.2) is 5.44 Å². The Morgan fingerprint density at radius 3 is 2.79 bits per heavy atom. The smallest absolute Gasteiger partial charge is 0.336 e. The Morgan fingerprint density at radius 1 is 1.25 bits per heavy atom. The molecule has 1 aromatic carbocycles. The molecule has 7 heteroatoms. The van der Waals surface area contributed by atoms with Crippen LogP contribution in [0.2, 0.25) is 0 Å². The third-order valence-corrected chi connectivity index (χ3v) is 5.27. The summed E-state index contributed by atoms with van der Waals surface area (Å²) in [6.07, 6.45) is -1.72. The topological polar surface area (TPSA) is 100 Å². The molecule has 130 valence electrons. The molecule has 0 bridgehead atoms. The zero-order valence-electron chi connectivity index (χ0n) is 13.2. The summed E-state index contributed by atoms with van der Waals surface area (Å²) in [6.45, 7) is 2.04. The molecule has 0 unspecified atom stereocenters. The van der Waals surface area contributed by atoms with Crippen LogP contribution in [0.25, 0.3) is 11.0 Å². The summed E-state index contributed by atoms with van der Waals surface area (Å²) < 4.78 is 11.0. The maximum atomic E-state index is 11.7. The van der Waals surface area contributed by atoms with E-state index in [1.807, 2.05) is 13.0 Å². The van der Waals surface area contributed by atoms with Crippen molar-refractivity contribution in [2.75, 3.05) is 5.75 Å². The van der Waals surface area contributed by atoms with Gasteiger partial charge in [0, 0.05) is 23.3 Å². The summed E-state index contributed by atoms with van der Waals surface area (Å²) in [6, 6.07) is 6.68. The van der Waals surface area contributed by atoms with Crippen molar-refractivity contribution in [1.82, 2.24) is 0 Å². The van der Waals surface area contributed by atoms with Gasteiger partial charge in [0.05, 0.1) is 6.10 Å². The first kappa shape index (κ1) is 17.3. The summed E-state index contributed by atoms with van der Waals surface area (Å²) in [5.41, 5.74) is 0.250. The Kier molecular flexibility index (Phi) is 5.15. The van der Waals surface area contributed by atoms with Crippen LogP contribution in [-0.4, -0.2) is 44.8 Å². The molecule has 4 atom stereocenters. The molecule has 2 heterocycles. The molecule has 0 aliphatic carbocycles. The zero-order chi connectivity index (χ0) is 17.3.